The lowest BCUT2D eigenvalue weighted by Gasteiger charge is -2.09. The molecule has 3 aromatic carbocycles. The number of carbonyl (C=O) groups is 1. The number of aromatic nitrogens is 2. The number of nitrogens with one attached hydrogen (secondary N) is 3. The number of fused-ring (bicyclic) bond motifs is 1. The van der Waals surface area contributed by atoms with E-state index in [1.165, 1.54) is 37.4 Å². The van der Waals surface area contributed by atoms with Crippen LogP contribution >= 0.6 is 0 Å². The van der Waals surface area contributed by atoms with E-state index in [1.54, 1.807) is 36.4 Å². The van der Waals surface area contributed by atoms with Crippen molar-refractivity contribution in [2.45, 2.75) is 11.3 Å². The van der Waals surface area contributed by atoms with Gasteiger partial charge >= 0.3 is 0 Å². The molecule has 4 aromatic rings. The summed E-state index contributed by atoms with van der Waals surface area (Å²) in [6.45, 7) is 0.357. The van der Waals surface area contributed by atoms with Gasteiger partial charge in [0, 0.05) is 31.3 Å². The summed E-state index contributed by atoms with van der Waals surface area (Å²) in [5.74, 6) is -0.157. The Morgan fingerprint density at radius 1 is 1.09 bits per heavy atom. The van der Waals surface area contributed by atoms with E-state index < -0.39 is 15.9 Å². The monoisotopic (exact) mass is 482 g/mol. The van der Waals surface area contributed by atoms with Gasteiger partial charge < -0.3 is 15.0 Å². The Balaban J connectivity index is 1.49. The number of methoxy groups -OCH3 is 1. The van der Waals surface area contributed by atoms with E-state index in [0.29, 0.717) is 34.5 Å². The Hall–Kier alpha value is -3.60. The van der Waals surface area contributed by atoms with Gasteiger partial charge in [0.2, 0.25) is 10.0 Å². The molecule has 1 aromatic heterocycles. The van der Waals surface area contributed by atoms with Crippen LogP contribution in [-0.4, -0.2) is 44.6 Å². The number of amides is 1. The van der Waals surface area contributed by atoms with Crippen molar-refractivity contribution in [3.63, 3.8) is 0 Å². The van der Waals surface area contributed by atoms with Crippen LogP contribution in [-0.2, 0) is 21.2 Å². The van der Waals surface area contributed by atoms with Gasteiger partial charge in [-0.25, -0.2) is 22.5 Å². The topological polar surface area (TPSA) is 113 Å². The summed E-state index contributed by atoms with van der Waals surface area (Å²) in [7, 11) is -2.29. The van der Waals surface area contributed by atoms with E-state index in [2.05, 4.69) is 20.0 Å². The minimum absolute atomic E-state index is 0.0157. The number of ether oxygens (including phenoxy) is 1. The second-order valence-corrected chi connectivity index (χ2v) is 9.32. The van der Waals surface area contributed by atoms with Gasteiger partial charge in [0.05, 0.1) is 22.5 Å². The van der Waals surface area contributed by atoms with Gasteiger partial charge in [-0.1, -0.05) is 24.3 Å². The zero-order chi connectivity index (χ0) is 24.1. The van der Waals surface area contributed by atoms with Crippen LogP contribution in [0.4, 0.5) is 10.1 Å². The molecule has 0 atom stereocenters. The van der Waals surface area contributed by atoms with Crippen molar-refractivity contribution in [3.8, 4) is 0 Å². The van der Waals surface area contributed by atoms with Gasteiger partial charge in [0.1, 0.15) is 11.6 Å². The Morgan fingerprint density at radius 2 is 1.91 bits per heavy atom. The molecule has 1 amide bonds. The molecule has 0 aliphatic heterocycles. The van der Waals surface area contributed by atoms with E-state index in [9.17, 15) is 17.6 Å². The third kappa shape index (κ3) is 5.48. The molecule has 0 saturated carbocycles. The number of imidazole rings is 1. The summed E-state index contributed by atoms with van der Waals surface area (Å²) in [6.07, 6.45) is 0.308. The second-order valence-electron chi connectivity index (χ2n) is 7.56. The van der Waals surface area contributed by atoms with Crippen molar-refractivity contribution >= 4 is 32.7 Å². The van der Waals surface area contributed by atoms with Crippen LogP contribution in [0.1, 0.15) is 21.7 Å². The zero-order valence-corrected chi connectivity index (χ0v) is 19.2. The first-order chi connectivity index (χ1) is 16.4. The van der Waals surface area contributed by atoms with Crippen molar-refractivity contribution < 1.29 is 22.3 Å². The summed E-state index contributed by atoms with van der Waals surface area (Å²) >= 11 is 0. The van der Waals surface area contributed by atoms with Gasteiger partial charge in [-0.2, -0.15) is 0 Å². The number of hydrogen-bond donors (Lipinski definition) is 3. The summed E-state index contributed by atoms with van der Waals surface area (Å²) in [5, 5.41) is 2.77. The van der Waals surface area contributed by atoms with Crippen molar-refractivity contribution in [2.75, 3.05) is 25.6 Å². The Labute approximate surface area is 196 Å². The molecule has 0 saturated heterocycles. The molecule has 0 aliphatic rings. The molecule has 0 spiro atoms. The summed E-state index contributed by atoms with van der Waals surface area (Å²) < 4.78 is 46.0. The number of H-pyrrole nitrogens is 1. The second kappa shape index (κ2) is 10.1. The number of rotatable bonds is 9. The molecule has 176 valence electrons. The van der Waals surface area contributed by atoms with Crippen molar-refractivity contribution in [1.82, 2.24) is 14.7 Å². The fraction of sp³-hybridized carbons (Fsp3) is 0.167. The third-order valence-corrected chi connectivity index (χ3v) is 6.57. The third-order valence-electron chi connectivity index (χ3n) is 5.11. The van der Waals surface area contributed by atoms with Gasteiger partial charge in [-0.15, -0.1) is 0 Å². The molecule has 0 fully saturated rings. The predicted molar refractivity (Wildman–Crippen MR) is 127 cm³/mol. The van der Waals surface area contributed by atoms with Crippen molar-refractivity contribution in [1.29, 1.82) is 0 Å². The van der Waals surface area contributed by atoms with Gasteiger partial charge in [0.25, 0.3) is 5.91 Å². The number of benzene rings is 3. The van der Waals surface area contributed by atoms with E-state index in [0.717, 1.165) is 0 Å². The molecular weight excluding hydrogens is 459 g/mol. The molecule has 34 heavy (non-hydrogen) atoms. The highest BCUT2D eigenvalue weighted by Gasteiger charge is 2.16. The number of aromatic amines is 1. The maximum Gasteiger partial charge on any atom is 0.255 e. The smallest absolute Gasteiger partial charge is 0.255 e. The normalized spacial score (nSPS) is 11.6. The summed E-state index contributed by atoms with van der Waals surface area (Å²) in [5.41, 5.74) is 2.59. The lowest BCUT2D eigenvalue weighted by Crippen LogP contribution is -2.27. The van der Waals surface area contributed by atoms with Crippen LogP contribution in [0.5, 0.6) is 0 Å². The Kier molecular flexibility index (Phi) is 7.01. The molecule has 1 heterocycles. The Bertz CT molecular complexity index is 1440. The zero-order valence-electron chi connectivity index (χ0n) is 18.3. The average Bonchev–Trinajstić information content (AvgIpc) is 3.22. The van der Waals surface area contributed by atoms with E-state index in [1.807, 2.05) is 0 Å². The summed E-state index contributed by atoms with van der Waals surface area (Å²) in [6, 6.07) is 17.4. The highest BCUT2D eigenvalue weighted by molar-refractivity contribution is 7.89. The van der Waals surface area contributed by atoms with Gasteiger partial charge in [0.15, 0.2) is 0 Å². The predicted octanol–water partition coefficient (Wildman–Crippen LogP) is 3.47. The lowest BCUT2D eigenvalue weighted by molar-refractivity contribution is 0.102. The van der Waals surface area contributed by atoms with Gasteiger partial charge in [-0.05, 0) is 48.0 Å². The standard InChI is InChI=1S/C24H23FN4O4S/c1-33-12-11-26-34(31,32)19-7-4-6-17(13-19)24(30)27-18-9-10-21-22(15-18)29-23(28-21)14-16-5-2-3-8-20(16)25/h2-10,13,15,26H,11-12,14H2,1H3,(H,27,30)(H,28,29). The number of carbonyl (C=O) groups excluding carboxylic acids is 1. The highest BCUT2D eigenvalue weighted by Crippen LogP contribution is 2.20. The summed E-state index contributed by atoms with van der Waals surface area (Å²) in [4.78, 5) is 20.4. The van der Waals surface area contributed by atoms with Crippen LogP contribution in [0, 0.1) is 5.82 Å². The fourth-order valence-corrected chi connectivity index (χ4v) is 4.47. The molecule has 4 rings (SSSR count). The molecule has 8 nitrogen and oxygen atoms in total. The van der Waals surface area contributed by atoms with Gasteiger partial charge in [-0.3, -0.25) is 4.79 Å². The maximum absolute atomic E-state index is 13.9. The molecule has 0 bridgehead atoms. The number of sulfonamides is 1. The van der Waals surface area contributed by atoms with Crippen LogP contribution in [0.2, 0.25) is 0 Å². The SMILES string of the molecule is COCCNS(=O)(=O)c1cccc(C(=O)Nc2ccc3nc(Cc4ccccc4F)[nH]c3c2)c1. The molecule has 0 unspecified atom stereocenters. The molecular formula is C24H23FN4O4S. The molecule has 0 aliphatic carbocycles. The largest absolute Gasteiger partial charge is 0.383 e. The highest BCUT2D eigenvalue weighted by atomic mass is 32.2. The molecule has 10 heteroatoms. The Morgan fingerprint density at radius 3 is 2.71 bits per heavy atom. The van der Waals surface area contributed by atoms with E-state index >= 15 is 0 Å². The minimum atomic E-state index is -3.77. The number of hydrogen-bond acceptors (Lipinski definition) is 5. The molecule has 0 radical (unpaired) electrons. The first-order valence-corrected chi connectivity index (χ1v) is 12.0. The van der Waals surface area contributed by atoms with Crippen LogP contribution in [0.3, 0.4) is 0 Å². The van der Waals surface area contributed by atoms with Crippen LogP contribution in [0.25, 0.3) is 11.0 Å². The number of anilines is 1. The molecule has 3 N–H and O–H groups in total. The van der Waals surface area contributed by atoms with Crippen LogP contribution < -0.4 is 10.0 Å². The van der Waals surface area contributed by atoms with Crippen molar-refractivity contribution in [3.05, 3.63) is 89.5 Å². The number of nitrogens with zero attached hydrogens (tertiary/aromatic N) is 1. The average molecular weight is 483 g/mol. The first-order valence-electron chi connectivity index (χ1n) is 10.5. The quantitative estimate of drug-likeness (QED) is 0.316. The van der Waals surface area contributed by atoms with Crippen LogP contribution in [0.15, 0.2) is 71.6 Å². The minimum Gasteiger partial charge on any atom is -0.383 e. The maximum atomic E-state index is 13.9. The number of halogens is 1. The van der Waals surface area contributed by atoms with E-state index in [4.69, 9.17) is 4.74 Å². The van der Waals surface area contributed by atoms with E-state index in [-0.39, 0.29) is 29.4 Å². The van der Waals surface area contributed by atoms with Crippen molar-refractivity contribution in [2.24, 2.45) is 0 Å². The lowest BCUT2D eigenvalue weighted by atomic mass is 10.1. The first kappa shape index (κ1) is 23.6. The fourth-order valence-electron chi connectivity index (χ4n) is 3.42.